The first-order valence-electron chi connectivity index (χ1n) is 10.8. The van der Waals surface area contributed by atoms with Gasteiger partial charge in [-0.1, -0.05) is 25.1 Å². The van der Waals surface area contributed by atoms with Crippen molar-refractivity contribution >= 4 is 16.9 Å². The number of hydrogen-bond donors (Lipinski definition) is 1. The van der Waals surface area contributed by atoms with Crippen LogP contribution in [-0.4, -0.2) is 46.3 Å². The van der Waals surface area contributed by atoms with Gasteiger partial charge in [0.15, 0.2) is 0 Å². The van der Waals surface area contributed by atoms with Gasteiger partial charge in [-0.3, -0.25) is 4.90 Å². The van der Waals surface area contributed by atoms with Crippen LogP contribution >= 0.6 is 0 Å². The maximum absolute atomic E-state index is 13.2. The van der Waals surface area contributed by atoms with Crippen LogP contribution in [-0.2, 0) is 16.0 Å². The van der Waals surface area contributed by atoms with Crippen LogP contribution in [0, 0.1) is 5.41 Å². The van der Waals surface area contributed by atoms with Gasteiger partial charge in [0.2, 0.25) is 0 Å². The van der Waals surface area contributed by atoms with Gasteiger partial charge in [-0.15, -0.1) is 0 Å². The molecule has 0 saturated carbocycles. The molecule has 5 heteroatoms. The lowest BCUT2D eigenvalue weighted by atomic mass is 9.63. The maximum Gasteiger partial charge on any atom is 0.329 e. The molecule has 28 heavy (non-hydrogen) atoms. The molecule has 1 aromatic carbocycles. The van der Waals surface area contributed by atoms with Crippen LogP contribution in [0.5, 0.6) is 0 Å². The molecule has 5 rings (SSSR count). The Bertz CT molecular complexity index is 918. The molecule has 1 fully saturated rings. The van der Waals surface area contributed by atoms with E-state index in [-0.39, 0.29) is 24.0 Å². The van der Waals surface area contributed by atoms with E-state index in [0.717, 1.165) is 37.9 Å². The van der Waals surface area contributed by atoms with E-state index in [4.69, 9.17) is 4.74 Å². The number of rotatable bonds is 4. The van der Waals surface area contributed by atoms with E-state index in [0.29, 0.717) is 6.04 Å². The summed E-state index contributed by atoms with van der Waals surface area (Å²) in [5.41, 5.74) is 4.08. The quantitative estimate of drug-likeness (QED) is 0.821. The van der Waals surface area contributed by atoms with Crippen molar-refractivity contribution in [2.45, 2.75) is 64.1 Å². The van der Waals surface area contributed by atoms with Gasteiger partial charge in [-0.25, -0.2) is 4.79 Å². The van der Waals surface area contributed by atoms with Gasteiger partial charge in [0.1, 0.15) is 12.6 Å². The molecule has 0 amide bonds. The number of carbonyl (C=O) groups is 1. The van der Waals surface area contributed by atoms with Gasteiger partial charge >= 0.3 is 5.97 Å². The summed E-state index contributed by atoms with van der Waals surface area (Å²) in [5.74, 6) is -0.196. The first-order chi connectivity index (χ1) is 13.6. The summed E-state index contributed by atoms with van der Waals surface area (Å²) in [4.78, 5) is 15.9. The molecule has 0 bridgehead atoms. The monoisotopic (exact) mass is 382 g/mol. The van der Waals surface area contributed by atoms with Crippen LogP contribution in [0.25, 0.3) is 10.9 Å². The van der Waals surface area contributed by atoms with Gasteiger partial charge in [-0.05, 0) is 62.6 Å². The lowest BCUT2D eigenvalue weighted by Crippen LogP contribution is -2.54. The molecule has 3 aliphatic rings. The van der Waals surface area contributed by atoms with Crippen molar-refractivity contribution < 1.29 is 14.6 Å². The normalized spacial score (nSPS) is 30.1. The highest BCUT2D eigenvalue weighted by atomic mass is 16.5. The second-order valence-electron chi connectivity index (χ2n) is 8.96. The topological polar surface area (TPSA) is 54.7 Å². The molecule has 1 aromatic heterocycles. The van der Waals surface area contributed by atoms with Gasteiger partial charge in [0, 0.05) is 23.1 Å². The lowest BCUT2D eigenvalue weighted by molar-refractivity contribution is -0.154. The molecule has 2 aromatic rings. The molecule has 0 spiro atoms. The zero-order valence-corrected chi connectivity index (χ0v) is 16.9. The predicted octanol–water partition coefficient (Wildman–Crippen LogP) is 3.60. The summed E-state index contributed by atoms with van der Waals surface area (Å²) in [7, 11) is 0. The third kappa shape index (κ3) is 2.49. The van der Waals surface area contributed by atoms with Crippen molar-refractivity contribution in [3.8, 4) is 0 Å². The largest absolute Gasteiger partial charge is 0.461 e. The zero-order chi connectivity index (χ0) is 19.5. The van der Waals surface area contributed by atoms with Crippen molar-refractivity contribution in [1.29, 1.82) is 0 Å². The van der Waals surface area contributed by atoms with Crippen LogP contribution in [0.15, 0.2) is 24.3 Å². The number of nitrogens with zero attached hydrogens (tertiary/aromatic N) is 2. The first kappa shape index (κ1) is 18.2. The van der Waals surface area contributed by atoms with Gasteiger partial charge in [0.25, 0.3) is 0 Å². The minimum absolute atomic E-state index is 0.0609. The summed E-state index contributed by atoms with van der Waals surface area (Å²) in [6.07, 6.45) is 4.69. The van der Waals surface area contributed by atoms with E-state index in [9.17, 15) is 9.90 Å². The molecule has 4 heterocycles. The highest BCUT2D eigenvalue weighted by Gasteiger charge is 2.54. The summed E-state index contributed by atoms with van der Waals surface area (Å²) in [6.45, 7) is 6.28. The van der Waals surface area contributed by atoms with Crippen molar-refractivity contribution in [2.75, 3.05) is 19.7 Å². The maximum atomic E-state index is 13.2. The van der Waals surface area contributed by atoms with E-state index >= 15 is 0 Å². The number of aliphatic hydroxyl groups excluding tert-OH is 1. The highest BCUT2D eigenvalue weighted by Crippen LogP contribution is 2.59. The second-order valence-corrected chi connectivity index (χ2v) is 8.96. The molecule has 1 saturated heterocycles. The van der Waals surface area contributed by atoms with Crippen molar-refractivity contribution in [1.82, 2.24) is 9.47 Å². The minimum Gasteiger partial charge on any atom is -0.461 e. The van der Waals surface area contributed by atoms with Crippen molar-refractivity contribution in [2.24, 2.45) is 5.41 Å². The van der Waals surface area contributed by atoms with E-state index in [1.807, 2.05) is 0 Å². The zero-order valence-electron chi connectivity index (χ0n) is 16.9. The Balaban J connectivity index is 1.71. The molecule has 0 aliphatic carbocycles. The molecule has 3 aliphatic heterocycles. The van der Waals surface area contributed by atoms with Crippen LogP contribution in [0.4, 0.5) is 0 Å². The Morgan fingerprint density at radius 3 is 2.96 bits per heavy atom. The SMILES string of the molecule is CC[C@]12CCCN3CCc4c(n(c5ccccc45)[C@@H](C(=O)OCC(C)O)C1)[C@@H]32. The number of esters is 1. The second kappa shape index (κ2) is 6.60. The first-order valence-corrected chi connectivity index (χ1v) is 10.8. The number of aliphatic hydroxyl groups is 1. The van der Waals surface area contributed by atoms with Crippen LogP contribution < -0.4 is 0 Å². The Morgan fingerprint density at radius 1 is 1.36 bits per heavy atom. The Hall–Kier alpha value is -1.85. The lowest BCUT2D eigenvalue weighted by Gasteiger charge is -2.56. The fourth-order valence-electron chi connectivity index (χ4n) is 6.19. The van der Waals surface area contributed by atoms with Crippen LogP contribution in [0.1, 0.15) is 62.9 Å². The molecule has 1 N–H and O–H groups in total. The third-order valence-corrected chi connectivity index (χ3v) is 7.39. The number of fused-ring (bicyclic) bond motifs is 3. The average Bonchev–Trinajstić information content (AvgIpc) is 3.05. The average molecular weight is 383 g/mol. The van der Waals surface area contributed by atoms with E-state index in [1.54, 1.807) is 6.92 Å². The molecule has 5 nitrogen and oxygen atoms in total. The standard InChI is InChI=1S/C23H30N2O3/c1-3-23-10-6-11-24-12-9-17-16-7-4-5-8-18(16)25(20(17)21(23)24)19(13-23)22(27)28-14-15(2)26/h4-5,7-8,15,19,21,26H,3,6,9-14H2,1-2H3/t15?,19-,21-,23+/m1/s1. The summed E-state index contributed by atoms with van der Waals surface area (Å²) < 4.78 is 7.85. The predicted molar refractivity (Wildman–Crippen MR) is 108 cm³/mol. The Morgan fingerprint density at radius 2 is 2.18 bits per heavy atom. The molecule has 150 valence electrons. The summed E-state index contributed by atoms with van der Waals surface area (Å²) >= 11 is 0. The van der Waals surface area contributed by atoms with E-state index in [1.165, 1.54) is 29.5 Å². The molecule has 1 unspecified atom stereocenters. The number of benzene rings is 1. The number of hydrogen-bond acceptors (Lipinski definition) is 4. The smallest absolute Gasteiger partial charge is 0.329 e. The van der Waals surface area contributed by atoms with Crippen molar-refractivity contribution in [3.05, 3.63) is 35.5 Å². The number of piperidine rings is 1. The Labute approximate surface area is 166 Å². The Kier molecular flexibility index (Phi) is 4.29. The number of ether oxygens (including phenoxy) is 1. The molecular formula is C23H30N2O3. The summed E-state index contributed by atoms with van der Waals surface area (Å²) in [5, 5.41) is 10.9. The molecule has 0 radical (unpaired) electrons. The van der Waals surface area contributed by atoms with Gasteiger partial charge in [-0.2, -0.15) is 0 Å². The highest BCUT2D eigenvalue weighted by molar-refractivity contribution is 5.89. The summed E-state index contributed by atoms with van der Waals surface area (Å²) in [6, 6.07) is 8.63. The fraction of sp³-hybridized carbons (Fsp3) is 0.609. The van der Waals surface area contributed by atoms with E-state index < -0.39 is 6.10 Å². The fourth-order valence-corrected chi connectivity index (χ4v) is 6.19. The molecular weight excluding hydrogens is 352 g/mol. The number of carbonyl (C=O) groups excluding carboxylic acids is 1. The minimum atomic E-state index is -0.638. The third-order valence-electron chi connectivity index (χ3n) is 7.39. The van der Waals surface area contributed by atoms with Crippen LogP contribution in [0.3, 0.4) is 0 Å². The van der Waals surface area contributed by atoms with Crippen molar-refractivity contribution in [3.63, 3.8) is 0 Å². The number of para-hydroxylation sites is 1. The van der Waals surface area contributed by atoms with Gasteiger partial charge < -0.3 is 14.4 Å². The van der Waals surface area contributed by atoms with Gasteiger partial charge in [0.05, 0.1) is 12.1 Å². The van der Waals surface area contributed by atoms with E-state index in [2.05, 4.69) is 40.7 Å². The van der Waals surface area contributed by atoms with Crippen LogP contribution in [0.2, 0.25) is 0 Å². The molecule has 4 atom stereocenters. The number of aromatic nitrogens is 1.